The second-order valence-corrected chi connectivity index (χ2v) is 7.70. The number of piperazine rings is 1. The van der Waals surface area contributed by atoms with Crippen LogP contribution in [0.2, 0.25) is 0 Å². The smallest absolute Gasteiger partial charge is 0.276 e. The number of benzene rings is 1. The number of likely N-dealkylation sites (N-methyl/N-ethyl adjacent to an activating group) is 1. The summed E-state index contributed by atoms with van der Waals surface area (Å²) in [6.45, 7) is 10.6. The minimum absolute atomic E-state index is 0.0451. The normalized spacial score (nSPS) is 18.6. The third kappa shape index (κ3) is 3.32. The van der Waals surface area contributed by atoms with Crippen molar-refractivity contribution in [2.75, 3.05) is 42.9 Å². The van der Waals surface area contributed by atoms with Gasteiger partial charge in [-0.3, -0.25) is 24.1 Å². The quantitative estimate of drug-likeness (QED) is 0.859. The largest absolute Gasteiger partial charge is 0.319 e. The SMILES string of the molecule is CCN1CCN(C(C)C(=O)N2c3ccccc3NC(=O)c3c2c(C)nn3C)CC1. The molecule has 8 nitrogen and oxygen atoms in total. The topological polar surface area (TPSA) is 73.7 Å². The van der Waals surface area contributed by atoms with Crippen molar-refractivity contribution in [1.82, 2.24) is 19.6 Å². The number of aryl methyl sites for hydroxylation is 2. The number of nitrogens with one attached hydrogen (secondary N) is 1. The first-order valence-electron chi connectivity index (χ1n) is 10.2. The van der Waals surface area contributed by atoms with Gasteiger partial charge in [0.2, 0.25) is 5.91 Å². The van der Waals surface area contributed by atoms with E-state index in [1.54, 1.807) is 16.6 Å². The highest BCUT2D eigenvalue weighted by Crippen LogP contribution is 2.40. The lowest BCUT2D eigenvalue weighted by atomic mass is 10.1. The van der Waals surface area contributed by atoms with Crippen molar-refractivity contribution in [3.63, 3.8) is 0 Å². The number of aromatic nitrogens is 2. The van der Waals surface area contributed by atoms with Gasteiger partial charge in [0.25, 0.3) is 5.91 Å². The standard InChI is InChI=1S/C21H28N6O2/c1-5-25-10-12-26(13-11-25)15(3)21(29)27-17-9-7-6-8-16(17)22-20(28)19-18(27)14(2)23-24(19)4/h6-9,15H,5,10-13H2,1-4H3,(H,22,28). The molecular formula is C21H28N6O2. The van der Waals surface area contributed by atoms with Crippen LogP contribution in [0.4, 0.5) is 17.1 Å². The third-order valence-corrected chi connectivity index (χ3v) is 6.00. The number of carbonyl (C=O) groups excluding carboxylic acids is 2. The van der Waals surface area contributed by atoms with E-state index in [4.69, 9.17) is 0 Å². The van der Waals surface area contributed by atoms with E-state index in [0.29, 0.717) is 28.5 Å². The highest BCUT2D eigenvalue weighted by Gasteiger charge is 2.37. The highest BCUT2D eigenvalue weighted by molar-refractivity contribution is 6.18. The van der Waals surface area contributed by atoms with E-state index in [1.807, 2.05) is 38.1 Å². The number of hydrogen-bond donors (Lipinski definition) is 1. The number of hydrogen-bond acceptors (Lipinski definition) is 5. The molecular weight excluding hydrogens is 368 g/mol. The Bertz CT molecular complexity index is 945. The number of anilines is 3. The van der Waals surface area contributed by atoms with Crippen molar-refractivity contribution < 1.29 is 9.59 Å². The predicted molar refractivity (Wildman–Crippen MR) is 113 cm³/mol. The van der Waals surface area contributed by atoms with Crippen molar-refractivity contribution in [1.29, 1.82) is 0 Å². The molecule has 1 fully saturated rings. The Labute approximate surface area is 171 Å². The monoisotopic (exact) mass is 396 g/mol. The molecule has 4 rings (SSSR count). The van der Waals surface area contributed by atoms with Crippen LogP contribution in [0.1, 0.15) is 30.0 Å². The predicted octanol–water partition coefficient (Wildman–Crippen LogP) is 1.98. The van der Waals surface area contributed by atoms with E-state index in [1.165, 1.54) is 0 Å². The molecule has 0 spiro atoms. The Morgan fingerprint density at radius 1 is 1.21 bits per heavy atom. The zero-order valence-electron chi connectivity index (χ0n) is 17.5. The summed E-state index contributed by atoms with van der Waals surface area (Å²) in [5.74, 6) is -0.300. The maximum Gasteiger partial charge on any atom is 0.276 e. The van der Waals surface area contributed by atoms with Crippen LogP contribution in [-0.2, 0) is 11.8 Å². The average molecular weight is 396 g/mol. The summed E-state index contributed by atoms with van der Waals surface area (Å²) >= 11 is 0. The molecule has 0 saturated carbocycles. The fourth-order valence-corrected chi connectivity index (χ4v) is 4.28. The first-order chi connectivity index (χ1) is 13.9. The van der Waals surface area contributed by atoms with Gasteiger partial charge in [-0.05, 0) is 32.5 Å². The van der Waals surface area contributed by atoms with Crippen LogP contribution in [0.15, 0.2) is 24.3 Å². The lowest BCUT2D eigenvalue weighted by molar-refractivity contribution is -0.123. The molecule has 2 aliphatic rings. The van der Waals surface area contributed by atoms with Crippen molar-refractivity contribution in [2.45, 2.75) is 26.8 Å². The molecule has 29 heavy (non-hydrogen) atoms. The van der Waals surface area contributed by atoms with Crippen LogP contribution in [0, 0.1) is 6.92 Å². The number of rotatable bonds is 3. The Morgan fingerprint density at radius 3 is 2.59 bits per heavy atom. The molecule has 2 aromatic rings. The van der Waals surface area contributed by atoms with Gasteiger partial charge in [0.1, 0.15) is 5.69 Å². The van der Waals surface area contributed by atoms with E-state index in [0.717, 1.165) is 32.7 Å². The average Bonchev–Trinajstić information content (AvgIpc) is 2.94. The van der Waals surface area contributed by atoms with E-state index >= 15 is 0 Å². The molecule has 0 bridgehead atoms. The fraction of sp³-hybridized carbons (Fsp3) is 0.476. The molecule has 1 aromatic carbocycles. The van der Waals surface area contributed by atoms with Gasteiger partial charge in [0.05, 0.1) is 23.1 Å². The summed E-state index contributed by atoms with van der Waals surface area (Å²) < 4.78 is 1.55. The molecule has 2 amide bonds. The summed E-state index contributed by atoms with van der Waals surface area (Å²) in [6, 6.07) is 7.13. The van der Waals surface area contributed by atoms with Crippen LogP contribution >= 0.6 is 0 Å². The van der Waals surface area contributed by atoms with Crippen LogP contribution in [0.5, 0.6) is 0 Å². The summed E-state index contributed by atoms with van der Waals surface area (Å²) in [5.41, 5.74) is 2.93. The first kappa shape index (κ1) is 19.6. The third-order valence-electron chi connectivity index (χ3n) is 6.00. The number of nitrogens with zero attached hydrogens (tertiary/aromatic N) is 5. The van der Waals surface area contributed by atoms with Gasteiger partial charge in [-0.15, -0.1) is 0 Å². The number of para-hydroxylation sites is 2. The molecule has 154 valence electrons. The van der Waals surface area contributed by atoms with Gasteiger partial charge in [0.15, 0.2) is 5.69 Å². The van der Waals surface area contributed by atoms with E-state index in [2.05, 4.69) is 27.1 Å². The lowest BCUT2D eigenvalue weighted by Crippen LogP contribution is -2.54. The highest BCUT2D eigenvalue weighted by atomic mass is 16.2. The van der Waals surface area contributed by atoms with Crippen LogP contribution < -0.4 is 10.2 Å². The maximum atomic E-state index is 13.8. The van der Waals surface area contributed by atoms with Crippen molar-refractivity contribution in [3.05, 3.63) is 35.7 Å². The van der Waals surface area contributed by atoms with Crippen molar-refractivity contribution >= 4 is 28.9 Å². The number of amides is 2. The molecule has 1 atom stereocenters. The van der Waals surface area contributed by atoms with Gasteiger partial charge in [0, 0.05) is 33.2 Å². The summed E-state index contributed by atoms with van der Waals surface area (Å²) in [4.78, 5) is 33.0. The molecule has 1 N–H and O–H groups in total. The molecule has 0 radical (unpaired) electrons. The minimum atomic E-state index is -0.303. The summed E-state index contributed by atoms with van der Waals surface area (Å²) in [5, 5.41) is 7.36. The van der Waals surface area contributed by atoms with Gasteiger partial charge < -0.3 is 10.2 Å². The van der Waals surface area contributed by atoms with Gasteiger partial charge >= 0.3 is 0 Å². The Balaban J connectivity index is 1.75. The number of carbonyl (C=O) groups is 2. The zero-order chi connectivity index (χ0) is 20.7. The first-order valence-corrected chi connectivity index (χ1v) is 10.2. The molecule has 2 aliphatic heterocycles. The Morgan fingerprint density at radius 2 is 1.90 bits per heavy atom. The molecule has 0 aliphatic carbocycles. The van der Waals surface area contributed by atoms with E-state index in [-0.39, 0.29) is 17.9 Å². The number of fused-ring (bicyclic) bond motifs is 2. The van der Waals surface area contributed by atoms with Crippen molar-refractivity contribution in [2.24, 2.45) is 7.05 Å². The van der Waals surface area contributed by atoms with Crippen molar-refractivity contribution in [3.8, 4) is 0 Å². The lowest BCUT2D eigenvalue weighted by Gasteiger charge is -2.38. The second kappa shape index (κ2) is 7.61. The van der Waals surface area contributed by atoms with Gasteiger partial charge in [-0.1, -0.05) is 19.1 Å². The fourth-order valence-electron chi connectivity index (χ4n) is 4.28. The zero-order valence-corrected chi connectivity index (χ0v) is 17.5. The molecule has 1 saturated heterocycles. The molecule has 8 heteroatoms. The molecule has 1 unspecified atom stereocenters. The summed E-state index contributed by atoms with van der Waals surface area (Å²) in [7, 11) is 1.73. The van der Waals surface area contributed by atoms with Gasteiger partial charge in [-0.25, -0.2) is 0 Å². The maximum absolute atomic E-state index is 13.8. The molecule has 3 heterocycles. The van der Waals surface area contributed by atoms with Crippen LogP contribution in [-0.4, -0.2) is 70.2 Å². The second-order valence-electron chi connectivity index (χ2n) is 7.70. The van der Waals surface area contributed by atoms with Gasteiger partial charge in [-0.2, -0.15) is 5.10 Å². The minimum Gasteiger partial charge on any atom is -0.319 e. The van der Waals surface area contributed by atoms with Crippen LogP contribution in [0.3, 0.4) is 0 Å². The van der Waals surface area contributed by atoms with E-state index < -0.39 is 0 Å². The Hall–Kier alpha value is -2.71. The Kier molecular flexibility index (Phi) is 5.14. The van der Waals surface area contributed by atoms with E-state index in [9.17, 15) is 9.59 Å². The van der Waals surface area contributed by atoms with Crippen LogP contribution in [0.25, 0.3) is 0 Å². The molecule has 1 aromatic heterocycles. The summed E-state index contributed by atoms with van der Waals surface area (Å²) in [6.07, 6.45) is 0.